The highest BCUT2D eigenvalue weighted by molar-refractivity contribution is 6.16. The summed E-state index contributed by atoms with van der Waals surface area (Å²) in [7, 11) is 0. The molecule has 3 rings (SSSR count). The van der Waals surface area contributed by atoms with E-state index in [0.717, 1.165) is 28.4 Å². The van der Waals surface area contributed by atoms with Crippen LogP contribution in [-0.4, -0.2) is 14.5 Å². The van der Waals surface area contributed by atoms with Crippen molar-refractivity contribution in [3.63, 3.8) is 0 Å². The second-order valence-electron chi connectivity index (χ2n) is 4.52. The van der Waals surface area contributed by atoms with E-state index in [2.05, 4.69) is 21.5 Å². The lowest BCUT2D eigenvalue weighted by molar-refractivity contribution is 0.429. The number of halogens is 1. The van der Waals surface area contributed by atoms with E-state index in [1.54, 1.807) is 12.4 Å². The molecule has 0 saturated carbocycles. The van der Waals surface area contributed by atoms with E-state index in [1.165, 1.54) is 0 Å². The maximum atomic E-state index is 6.01. The lowest BCUT2D eigenvalue weighted by Gasteiger charge is -2.14. The fourth-order valence-electron chi connectivity index (χ4n) is 2.33. The van der Waals surface area contributed by atoms with Crippen molar-refractivity contribution in [2.45, 2.75) is 25.8 Å². The Balaban J connectivity index is 2.17. The van der Waals surface area contributed by atoms with Crippen LogP contribution in [0.5, 0.6) is 0 Å². The number of furan rings is 1. The molecule has 3 aromatic rings. The second kappa shape index (κ2) is 4.70. The van der Waals surface area contributed by atoms with Crippen LogP contribution in [-0.2, 0) is 5.88 Å². The third-order valence-electron chi connectivity index (χ3n) is 3.24. The molecule has 0 amide bonds. The summed E-state index contributed by atoms with van der Waals surface area (Å²) < 4.78 is 7.81. The van der Waals surface area contributed by atoms with Gasteiger partial charge in [-0.2, -0.15) is 0 Å². The number of rotatable bonds is 3. The SMILES string of the molecule is Cc1ccc(C(C)n2c(CCl)nc3cnccc32)o1. The van der Waals surface area contributed by atoms with Gasteiger partial charge in [-0.1, -0.05) is 0 Å². The highest BCUT2D eigenvalue weighted by atomic mass is 35.5. The van der Waals surface area contributed by atoms with Crippen molar-refractivity contribution in [3.8, 4) is 0 Å². The molecule has 4 nitrogen and oxygen atoms in total. The average molecular weight is 276 g/mol. The molecule has 0 radical (unpaired) electrons. The zero-order chi connectivity index (χ0) is 13.4. The first-order valence-electron chi connectivity index (χ1n) is 6.14. The molecule has 0 N–H and O–H groups in total. The van der Waals surface area contributed by atoms with Gasteiger partial charge < -0.3 is 8.98 Å². The predicted molar refractivity (Wildman–Crippen MR) is 74.3 cm³/mol. The number of alkyl halides is 1. The number of hydrogen-bond acceptors (Lipinski definition) is 3. The molecule has 3 heterocycles. The highest BCUT2D eigenvalue weighted by Crippen LogP contribution is 2.27. The van der Waals surface area contributed by atoms with Gasteiger partial charge in [-0.25, -0.2) is 4.98 Å². The van der Waals surface area contributed by atoms with Gasteiger partial charge in [0.05, 0.1) is 23.6 Å². The molecule has 1 unspecified atom stereocenters. The van der Waals surface area contributed by atoms with Crippen molar-refractivity contribution < 1.29 is 4.42 Å². The smallest absolute Gasteiger partial charge is 0.126 e. The molecule has 98 valence electrons. The molecule has 0 saturated heterocycles. The fourth-order valence-corrected chi connectivity index (χ4v) is 2.52. The molecular formula is C14H14ClN3O. The lowest BCUT2D eigenvalue weighted by atomic mass is 10.2. The Bertz CT molecular complexity index is 716. The molecule has 19 heavy (non-hydrogen) atoms. The molecule has 1 atom stereocenters. The van der Waals surface area contributed by atoms with Crippen LogP contribution < -0.4 is 0 Å². The monoisotopic (exact) mass is 275 g/mol. The minimum atomic E-state index is 0.0508. The number of fused-ring (bicyclic) bond motifs is 1. The number of pyridine rings is 1. The van der Waals surface area contributed by atoms with Gasteiger partial charge in [0.15, 0.2) is 0 Å². The highest BCUT2D eigenvalue weighted by Gasteiger charge is 2.18. The second-order valence-corrected chi connectivity index (χ2v) is 4.79. The number of imidazole rings is 1. The van der Waals surface area contributed by atoms with Gasteiger partial charge in [0, 0.05) is 6.20 Å². The first-order valence-corrected chi connectivity index (χ1v) is 6.67. The Morgan fingerprint density at radius 2 is 2.21 bits per heavy atom. The molecule has 0 fully saturated rings. The van der Waals surface area contributed by atoms with Crippen LogP contribution in [0.2, 0.25) is 0 Å². The van der Waals surface area contributed by atoms with Crippen LogP contribution in [0.25, 0.3) is 11.0 Å². The van der Waals surface area contributed by atoms with Crippen molar-refractivity contribution >= 4 is 22.6 Å². The zero-order valence-electron chi connectivity index (χ0n) is 10.8. The third-order valence-corrected chi connectivity index (χ3v) is 3.48. The van der Waals surface area contributed by atoms with Crippen LogP contribution >= 0.6 is 11.6 Å². The molecule has 0 aliphatic carbocycles. The van der Waals surface area contributed by atoms with Crippen molar-refractivity contribution in [2.75, 3.05) is 0 Å². The summed E-state index contributed by atoms with van der Waals surface area (Å²) >= 11 is 6.01. The first-order chi connectivity index (χ1) is 9.20. The van der Waals surface area contributed by atoms with Crippen LogP contribution in [0.3, 0.4) is 0 Å². The van der Waals surface area contributed by atoms with Gasteiger partial charge in [0.2, 0.25) is 0 Å². The van der Waals surface area contributed by atoms with E-state index in [4.69, 9.17) is 16.0 Å². The molecular weight excluding hydrogens is 262 g/mol. The summed E-state index contributed by atoms with van der Waals surface area (Å²) in [6.45, 7) is 4.02. The van der Waals surface area contributed by atoms with Gasteiger partial charge in [-0.15, -0.1) is 11.6 Å². The fraction of sp³-hybridized carbons (Fsp3) is 0.286. The molecule has 0 aromatic carbocycles. The third kappa shape index (κ3) is 2.02. The Hall–Kier alpha value is -1.81. The van der Waals surface area contributed by atoms with Crippen LogP contribution in [0.1, 0.15) is 30.3 Å². The van der Waals surface area contributed by atoms with Gasteiger partial charge in [-0.3, -0.25) is 4.98 Å². The van der Waals surface area contributed by atoms with E-state index in [1.807, 2.05) is 25.1 Å². The maximum absolute atomic E-state index is 6.01. The summed E-state index contributed by atoms with van der Waals surface area (Å²) in [5.41, 5.74) is 1.88. The van der Waals surface area contributed by atoms with Crippen molar-refractivity contribution in [1.29, 1.82) is 0 Å². The largest absolute Gasteiger partial charge is 0.464 e. The van der Waals surface area contributed by atoms with Crippen LogP contribution in [0, 0.1) is 6.92 Å². The van der Waals surface area contributed by atoms with Gasteiger partial charge >= 0.3 is 0 Å². The number of hydrogen-bond donors (Lipinski definition) is 0. The maximum Gasteiger partial charge on any atom is 0.126 e. The van der Waals surface area contributed by atoms with E-state index in [0.29, 0.717) is 5.88 Å². The first kappa shape index (κ1) is 12.2. The molecule has 0 bridgehead atoms. The summed E-state index contributed by atoms with van der Waals surface area (Å²) in [6, 6.07) is 5.96. The standard InChI is InChI=1S/C14H14ClN3O/c1-9-3-4-13(19-9)10(2)18-12-5-6-16-8-11(12)17-14(18)7-15/h3-6,8,10H,7H2,1-2H3. The molecule has 0 spiro atoms. The quantitative estimate of drug-likeness (QED) is 0.685. The molecule has 0 aliphatic rings. The lowest BCUT2D eigenvalue weighted by Crippen LogP contribution is -2.09. The number of aryl methyl sites for hydroxylation is 1. The van der Waals surface area contributed by atoms with Crippen molar-refractivity contribution in [3.05, 3.63) is 47.9 Å². The summed E-state index contributed by atoms with van der Waals surface area (Å²) in [5, 5.41) is 0. The number of nitrogens with zero attached hydrogens (tertiary/aromatic N) is 3. The van der Waals surface area contributed by atoms with Crippen LogP contribution in [0.4, 0.5) is 0 Å². The van der Waals surface area contributed by atoms with Gasteiger partial charge in [0.25, 0.3) is 0 Å². The van der Waals surface area contributed by atoms with E-state index >= 15 is 0 Å². The summed E-state index contributed by atoms with van der Waals surface area (Å²) in [6.07, 6.45) is 3.51. The zero-order valence-corrected chi connectivity index (χ0v) is 11.6. The topological polar surface area (TPSA) is 43.9 Å². The molecule has 0 aliphatic heterocycles. The van der Waals surface area contributed by atoms with E-state index in [9.17, 15) is 0 Å². The average Bonchev–Trinajstić information content (AvgIpc) is 3.01. The van der Waals surface area contributed by atoms with Crippen LogP contribution in [0.15, 0.2) is 35.0 Å². The van der Waals surface area contributed by atoms with Crippen molar-refractivity contribution in [2.24, 2.45) is 0 Å². The number of aromatic nitrogens is 3. The molecule has 5 heteroatoms. The Morgan fingerprint density at radius 3 is 2.89 bits per heavy atom. The minimum Gasteiger partial charge on any atom is -0.464 e. The van der Waals surface area contributed by atoms with E-state index < -0.39 is 0 Å². The summed E-state index contributed by atoms with van der Waals surface area (Å²) in [5.74, 6) is 2.99. The van der Waals surface area contributed by atoms with E-state index in [-0.39, 0.29) is 6.04 Å². The van der Waals surface area contributed by atoms with Gasteiger partial charge in [0.1, 0.15) is 22.9 Å². The normalized spacial score (nSPS) is 13.0. The minimum absolute atomic E-state index is 0.0508. The predicted octanol–water partition coefficient (Wildman–Crippen LogP) is 3.68. The van der Waals surface area contributed by atoms with Crippen molar-refractivity contribution in [1.82, 2.24) is 14.5 Å². The summed E-state index contributed by atoms with van der Waals surface area (Å²) in [4.78, 5) is 8.61. The Morgan fingerprint density at radius 1 is 1.37 bits per heavy atom. The Kier molecular flexibility index (Phi) is 3.03. The van der Waals surface area contributed by atoms with Gasteiger partial charge in [-0.05, 0) is 32.0 Å². The Labute approximate surface area is 116 Å². The molecule has 3 aromatic heterocycles.